The third kappa shape index (κ3) is 3.16. The van der Waals surface area contributed by atoms with Gasteiger partial charge in [0.05, 0.1) is 9.82 Å². The van der Waals surface area contributed by atoms with Crippen molar-refractivity contribution in [1.29, 1.82) is 0 Å². The maximum atomic E-state index is 12.5. The third-order valence-electron chi connectivity index (χ3n) is 3.50. The fourth-order valence-corrected chi connectivity index (χ4v) is 3.16. The van der Waals surface area contributed by atoms with Gasteiger partial charge < -0.3 is 5.32 Å². The fourth-order valence-electron chi connectivity index (χ4n) is 2.38. The number of nitrogens with one attached hydrogen (secondary N) is 1. The molecule has 1 aromatic carbocycles. The number of nitro groups is 1. The molecule has 0 heterocycles. The van der Waals surface area contributed by atoms with Gasteiger partial charge >= 0.3 is 5.51 Å². The van der Waals surface area contributed by atoms with Crippen LogP contribution >= 0.6 is 0 Å². The molecule has 0 saturated heterocycles. The van der Waals surface area contributed by atoms with Crippen molar-refractivity contribution in [3.63, 3.8) is 0 Å². The van der Waals surface area contributed by atoms with Crippen molar-refractivity contribution in [3.8, 4) is 0 Å². The highest BCUT2D eigenvalue weighted by atomic mass is 32.2. The first kappa shape index (κ1) is 16.5. The van der Waals surface area contributed by atoms with Gasteiger partial charge in [-0.2, -0.15) is 13.2 Å². The van der Waals surface area contributed by atoms with Crippen molar-refractivity contribution >= 4 is 21.2 Å². The van der Waals surface area contributed by atoms with Crippen LogP contribution in [0.3, 0.4) is 0 Å². The molecule has 10 heteroatoms. The van der Waals surface area contributed by atoms with Gasteiger partial charge in [0, 0.05) is 12.1 Å². The van der Waals surface area contributed by atoms with Gasteiger partial charge in [-0.3, -0.25) is 10.1 Å². The second kappa shape index (κ2) is 5.75. The molecule has 0 radical (unpaired) electrons. The van der Waals surface area contributed by atoms with Crippen LogP contribution in [0.5, 0.6) is 0 Å². The zero-order chi connectivity index (χ0) is 16.5. The van der Waals surface area contributed by atoms with Crippen LogP contribution in [0.2, 0.25) is 0 Å². The summed E-state index contributed by atoms with van der Waals surface area (Å²) in [6.45, 7) is 0. The first-order valence-electron chi connectivity index (χ1n) is 6.49. The first-order chi connectivity index (χ1) is 10.1. The molecule has 0 aromatic heterocycles. The molecule has 0 unspecified atom stereocenters. The van der Waals surface area contributed by atoms with Crippen LogP contribution in [0, 0.1) is 10.1 Å². The lowest BCUT2D eigenvalue weighted by Crippen LogP contribution is -2.23. The lowest BCUT2D eigenvalue weighted by Gasteiger charge is -2.14. The number of alkyl halides is 3. The highest BCUT2D eigenvalue weighted by Crippen LogP contribution is 2.35. The molecular weight excluding hydrogens is 325 g/mol. The summed E-state index contributed by atoms with van der Waals surface area (Å²) in [4.78, 5) is 8.98. The minimum absolute atomic E-state index is 0.00349. The van der Waals surface area contributed by atoms with Crippen molar-refractivity contribution in [2.75, 3.05) is 5.32 Å². The molecule has 0 spiro atoms. The molecule has 0 aliphatic heterocycles. The molecule has 1 N–H and O–H groups in total. The molecule has 1 aliphatic rings. The van der Waals surface area contributed by atoms with Crippen LogP contribution in [-0.4, -0.2) is 24.9 Å². The van der Waals surface area contributed by atoms with Crippen molar-refractivity contribution in [3.05, 3.63) is 28.3 Å². The number of nitro benzene ring substituents is 1. The van der Waals surface area contributed by atoms with Crippen LogP contribution < -0.4 is 5.32 Å². The molecule has 1 aliphatic carbocycles. The number of nitrogens with zero attached hydrogens (tertiary/aromatic N) is 1. The summed E-state index contributed by atoms with van der Waals surface area (Å²) in [6, 6.07) is 2.19. The van der Waals surface area contributed by atoms with Crippen molar-refractivity contribution in [1.82, 2.24) is 0 Å². The van der Waals surface area contributed by atoms with E-state index in [2.05, 4.69) is 5.32 Å². The molecule has 6 nitrogen and oxygen atoms in total. The van der Waals surface area contributed by atoms with E-state index in [1.165, 1.54) is 0 Å². The van der Waals surface area contributed by atoms with E-state index in [4.69, 9.17) is 0 Å². The minimum atomic E-state index is -5.61. The molecule has 122 valence electrons. The molecule has 1 aromatic rings. The van der Waals surface area contributed by atoms with Crippen LogP contribution in [0.25, 0.3) is 0 Å². The van der Waals surface area contributed by atoms with E-state index in [1.807, 2.05) is 0 Å². The lowest BCUT2D eigenvalue weighted by atomic mass is 10.2. The summed E-state index contributed by atoms with van der Waals surface area (Å²) in [5.74, 6) is 0. The maximum absolute atomic E-state index is 12.5. The van der Waals surface area contributed by atoms with Gasteiger partial charge in [-0.1, -0.05) is 12.8 Å². The zero-order valence-corrected chi connectivity index (χ0v) is 12.1. The Morgan fingerprint density at radius 1 is 1.23 bits per heavy atom. The van der Waals surface area contributed by atoms with E-state index in [0.29, 0.717) is 6.07 Å². The van der Waals surface area contributed by atoms with Crippen molar-refractivity contribution < 1.29 is 26.5 Å². The third-order valence-corrected chi connectivity index (χ3v) is 4.98. The Hall–Kier alpha value is -1.84. The Balaban J connectivity index is 2.41. The Morgan fingerprint density at radius 3 is 2.32 bits per heavy atom. The highest BCUT2D eigenvalue weighted by Gasteiger charge is 2.47. The van der Waals surface area contributed by atoms with Gasteiger partial charge in [-0.15, -0.1) is 0 Å². The minimum Gasteiger partial charge on any atom is -0.377 e. The van der Waals surface area contributed by atoms with E-state index in [0.717, 1.165) is 37.8 Å². The Bertz CT molecular complexity index is 682. The molecule has 22 heavy (non-hydrogen) atoms. The number of hydrogen-bond donors (Lipinski definition) is 1. The predicted octanol–water partition coefficient (Wildman–Crippen LogP) is 3.24. The average Bonchev–Trinajstić information content (AvgIpc) is 2.90. The largest absolute Gasteiger partial charge is 0.501 e. The van der Waals surface area contributed by atoms with Crippen LogP contribution in [-0.2, 0) is 9.84 Å². The van der Waals surface area contributed by atoms with Gasteiger partial charge in [0.2, 0.25) is 0 Å². The molecule has 1 fully saturated rings. The quantitative estimate of drug-likeness (QED) is 0.672. The lowest BCUT2D eigenvalue weighted by molar-refractivity contribution is -0.384. The van der Waals surface area contributed by atoms with E-state index in [9.17, 15) is 31.7 Å². The number of benzene rings is 1. The fraction of sp³-hybridized carbons (Fsp3) is 0.500. The number of anilines is 1. The molecule has 2 rings (SSSR count). The number of rotatable bonds is 4. The number of hydrogen-bond acceptors (Lipinski definition) is 5. The summed E-state index contributed by atoms with van der Waals surface area (Å²) < 4.78 is 60.2. The average molecular weight is 338 g/mol. The second-order valence-corrected chi connectivity index (χ2v) is 6.95. The monoisotopic (exact) mass is 338 g/mol. The van der Waals surface area contributed by atoms with Gasteiger partial charge in [-0.25, -0.2) is 8.42 Å². The van der Waals surface area contributed by atoms with Gasteiger partial charge in [0.25, 0.3) is 15.5 Å². The Morgan fingerprint density at radius 2 is 1.82 bits per heavy atom. The smallest absolute Gasteiger partial charge is 0.377 e. The first-order valence-corrected chi connectivity index (χ1v) is 7.97. The van der Waals surface area contributed by atoms with E-state index in [1.54, 1.807) is 0 Å². The molecule has 0 bridgehead atoms. The molecule has 1 saturated carbocycles. The van der Waals surface area contributed by atoms with Gasteiger partial charge in [0.15, 0.2) is 0 Å². The van der Waals surface area contributed by atoms with E-state index in [-0.39, 0.29) is 11.7 Å². The Kier molecular flexibility index (Phi) is 4.32. The highest BCUT2D eigenvalue weighted by molar-refractivity contribution is 7.92. The molecule has 0 atom stereocenters. The topological polar surface area (TPSA) is 89.3 Å². The molecular formula is C12H13F3N2O4S. The van der Waals surface area contributed by atoms with Crippen molar-refractivity contribution in [2.24, 2.45) is 0 Å². The number of halogens is 3. The summed E-state index contributed by atoms with van der Waals surface area (Å²) >= 11 is 0. The summed E-state index contributed by atoms with van der Waals surface area (Å²) in [6.07, 6.45) is 3.54. The van der Waals surface area contributed by atoms with Gasteiger partial charge in [0.1, 0.15) is 5.69 Å². The molecule has 0 amide bonds. The van der Waals surface area contributed by atoms with Crippen LogP contribution in [0.1, 0.15) is 25.7 Å². The van der Waals surface area contributed by atoms with Crippen LogP contribution in [0.15, 0.2) is 23.1 Å². The van der Waals surface area contributed by atoms with Crippen LogP contribution in [0.4, 0.5) is 24.5 Å². The standard InChI is InChI=1S/C12H13F3N2O4S/c13-12(14,15)22(20,21)9-5-6-10(11(7-9)17(18)19)16-8-3-1-2-4-8/h5-8,16H,1-4H2. The Labute approximate surface area is 124 Å². The van der Waals surface area contributed by atoms with E-state index >= 15 is 0 Å². The summed E-state index contributed by atoms with van der Waals surface area (Å²) in [5.41, 5.74) is -6.16. The predicted molar refractivity (Wildman–Crippen MR) is 72.2 cm³/mol. The van der Waals surface area contributed by atoms with Gasteiger partial charge in [-0.05, 0) is 25.0 Å². The summed E-state index contributed by atoms with van der Waals surface area (Å²) in [7, 11) is -5.61. The second-order valence-electron chi connectivity index (χ2n) is 5.01. The maximum Gasteiger partial charge on any atom is 0.501 e. The number of sulfone groups is 1. The SMILES string of the molecule is O=[N+]([O-])c1cc(S(=O)(=O)C(F)(F)F)ccc1NC1CCCC1. The zero-order valence-electron chi connectivity index (χ0n) is 11.3. The van der Waals surface area contributed by atoms with Crippen molar-refractivity contribution in [2.45, 2.75) is 42.1 Å². The van der Waals surface area contributed by atoms with E-state index < -0.39 is 30.9 Å². The normalized spacial score (nSPS) is 16.7. The summed E-state index contributed by atoms with van der Waals surface area (Å²) in [5, 5.41) is 13.9.